The Morgan fingerprint density at radius 2 is 1.90 bits per heavy atom. The summed E-state index contributed by atoms with van der Waals surface area (Å²) < 4.78 is 5.08. The lowest BCUT2D eigenvalue weighted by atomic mass is 10.2. The summed E-state index contributed by atoms with van der Waals surface area (Å²) in [5, 5.41) is 4.20. The first-order valence-corrected chi connectivity index (χ1v) is 8.96. The lowest BCUT2D eigenvalue weighted by molar-refractivity contribution is -0.0000236. The molecule has 146 valence electrons. The number of nitrogens with zero attached hydrogens (tertiary/aromatic N) is 3. The third kappa shape index (κ3) is 4.50. The number of para-hydroxylation sites is 1. The Morgan fingerprint density at radius 3 is 2.69 bits per heavy atom. The molecule has 0 spiro atoms. The number of anilines is 2. The molecule has 0 unspecified atom stereocenters. The first-order chi connectivity index (χ1) is 13.7. The fraction of sp³-hybridized carbons (Fsp3) is 0.0909. The molecule has 0 aliphatic carbocycles. The maximum absolute atomic E-state index is 12.0. The number of carbonyl (C=O) groups excluding carboxylic acids is 1. The smallest absolute Gasteiger partial charge is 0.338 e. The van der Waals surface area contributed by atoms with E-state index in [-0.39, 0.29) is 18.4 Å². The molecule has 0 atom stereocenters. The molecule has 0 amide bonds. The van der Waals surface area contributed by atoms with Crippen molar-refractivity contribution in [2.45, 2.75) is 6.92 Å². The second-order valence-electron chi connectivity index (χ2n) is 6.08. The van der Waals surface area contributed by atoms with E-state index in [2.05, 4.69) is 15.3 Å². The van der Waals surface area contributed by atoms with Crippen LogP contribution in [0.4, 0.5) is 11.5 Å². The summed E-state index contributed by atoms with van der Waals surface area (Å²) in [5.74, 6) is 0.885. The first kappa shape index (κ1) is 20.2. The van der Waals surface area contributed by atoms with Gasteiger partial charge in [0, 0.05) is 29.0 Å². The number of fused-ring (bicyclic) bond motifs is 1. The zero-order valence-electron chi connectivity index (χ0n) is 15.7. The van der Waals surface area contributed by atoms with Crippen molar-refractivity contribution in [3.05, 3.63) is 78.6 Å². The van der Waals surface area contributed by atoms with Crippen molar-refractivity contribution in [3.63, 3.8) is 0 Å². The maximum atomic E-state index is 12.0. The van der Waals surface area contributed by atoms with E-state index in [1.54, 1.807) is 37.5 Å². The second kappa shape index (κ2) is 9.12. The zero-order valence-corrected chi connectivity index (χ0v) is 16.4. The van der Waals surface area contributed by atoms with Crippen LogP contribution in [-0.4, -0.2) is 27.5 Å². The van der Waals surface area contributed by atoms with E-state index < -0.39 is 0 Å². The lowest BCUT2D eigenvalue weighted by Crippen LogP contribution is -3.00. The van der Waals surface area contributed by atoms with Crippen LogP contribution >= 0.6 is 0 Å². The highest BCUT2D eigenvalue weighted by molar-refractivity contribution is 5.94. The number of hydrogen-bond donors (Lipinski definition) is 1. The first-order valence-electron chi connectivity index (χ1n) is 8.96. The predicted octanol–water partition coefficient (Wildman–Crippen LogP) is 1.62. The Labute approximate surface area is 174 Å². The molecule has 0 saturated heterocycles. The van der Waals surface area contributed by atoms with Gasteiger partial charge in [-0.05, 0) is 49.4 Å². The highest BCUT2D eigenvalue weighted by atomic mass is 35.5. The largest absolute Gasteiger partial charge is 1.00 e. The Bertz CT molecular complexity index is 1140. The standard InChI is InChI=1S/C22H18N4O2.ClH/c1-2-28-22(27)15-7-5-9-17(13-15)24-21-18-10-3-4-11-19(18)25-20(26-21)16-8-6-12-23-14-16;/h3-14H,2H2,1H3,(H,24,25,26);1H/p-1. The quantitative estimate of drug-likeness (QED) is 0.508. The third-order valence-corrected chi connectivity index (χ3v) is 4.16. The van der Waals surface area contributed by atoms with Crippen LogP contribution in [0, 0.1) is 0 Å². The zero-order chi connectivity index (χ0) is 19.3. The van der Waals surface area contributed by atoms with Crippen LogP contribution in [0.5, 0.6) is 0 Å². The van der Waals surface area contributed by atoms with Crippen molar-refractivity contribution >= 4 is 28.4 Å². The molecule has 6 nitrogen and oxygen atoms in total. The molecule has 0 aliphatic rings. The monoisotopic (exact) mass is 405 g/mol. The summed E-state index contributed by atoms with van der Waals surface area (Å²) in [5.41, 5.74) is 2.88. The van der Waals surface area contributed by atoms with Crippen LogP contribution in [0.3, 0.4) is 0 Å². The van der Waals surface area contributed by atoms with E-state index in [1.165, 1.54) is 0 Å². The van der Waals surface area contributed by atoms with Gasteiger partial charge in [0.25, 0.3) is 0 Å². The van der Waals surface area contributed by atoms with Crippen LogP contribution in [-0.2, 0) is 4.74 Å². The summed E-state index contributed by atoms with van der Waals surface area (Å²) in [4.78, 5) is 25.5. The van der Waals surface area contributed by atoms with E-state index in [0.29, 0.717) is 23.8 Å². The van der Waals surface area contributed by atoms with Crippen LogP contribution in [0.25, 0.3) is 22.3 Å². The van der Waals surface area contributed by atoms with Crippen molar-refractivity contribution < 1.29 is 21.9 Å². The van der Waals surface area contributed by atoms with Gasteiger partial charge in [-0.3, -0.25) is 4.98 Å². The molecule has 0 fully saturated rings. The Morgan fingerprint density at radius 1 is 1.03 bits per heavy atom. The van der Waals surface area contributed by atoms with Gasteiger partial charge in [0.05, 0.1) is 17.7 Å². The molecule has 29 heavy (non-hydrogen) atoms. The number of rotatable bonds is 5. The van der Waals surface area contributed by atoms with E-state index in [1.807, 2.05) is 42.5 Å². The number of aromatic nitrogens is 3. The van der Waals surface area contributed by atoms with Crippen molar-refractivity contribution in [1.82, 2.24) is 15.0 Å². The van der Waals surface area contributed by atoms with Crippen molar-refractivity contribution in [1.29, 1.82) is 0 Å². The summed E-state index contributed by atoms with van der Waals surface area (Å²) >= 11 is 0. The molecule has 1 N–H and O–H groups in total. The number of ether oxygens (including phenoxy) is 1. The number of carbonyl (C=O) groups is 1. The lowest BCUT2D eigenvalue weighted by Gasteiger charge is -2.12. The number of pyridine rings is 1. The minimum Gasteiger partial charge on any atom is -1.00 e. The molecule has 0 saturated carbocycles. The third-order valence-electron chi connectivity index (χ3n) is 4.16. The van der Waals surface area contributed by atoms with Gasteiger partial charge in [-0.25, -0.2) is 14.8 Å². The van der Waals surface area contributed by atoms with E-state index in [4.69, 9.17) is 9.72 Å². The SMILES string of the molecule is CCOC(=O)c1cccc(Nc2nc(-c3cccnc3)nc3ccccc23)c1.[Cl-]. The molecule has 2 aromatic carbocycles. The van der Waals surface area contributed by atoms with Gasteiger partial charge in [-0.2, -0.15) is 0 Å². The average molecular weight is 406 g/mol. The molecule has 7 heteroatoms. The van der Waals surface area contributed by atoms with Gasteiger partial charge in [0.1, 0.15) is 5.82 Å². The highest BCUT2D eigenvalue weighted by Crippen LogP contribution is 2.27. The van der Waals surface area contributed by atoms with E-state index in [9.17, 15) is 4.79 Å². The predicted molar refractivity (Wildman–Crippen MR) is 108 cm³/mol. The van der Waals surface area contributed by atoms with Crippen LogP contribution in [0.1, 0.15) is 17.3 Å². The molecular weight excluding hydrogens is 388 g/mol. The number of hydrogen-bond acceptors (Lipinski definition) is 6. The summed E-state index contributed by atoms with van der Waals surface area (Å²) in [6, 6.07) is 18.7. The van der Waals surface area contributed by atoms with Gasteiger partial charge in [0.15, 0.2) is 5.82 Å². The van der Waals surface area contributed by atoms with Crippen LogP contribution in [0.15, 0.2) is 73.1 Å². The number of esters is 1. The fourth-order valence-electron chi connectivity index (χ4n) is 2.87. The molecule has 2 aromatic heterocycles. The highest BCUT2D eigenvalue weighted by Gasteiger charge is 2.11. The number of halogens is 1. The average Bonchev–Trinajstić information content (AvgIpc) is 2.75. The second-order valence-corrected chi connectivity index (χ2v) is 6.08. The normalized spacial score (nSPS) is 10.2. The minimum atomic E-state index is -0.352. The summed E-state index contributed by atoms with van der Waals surface area (Å²) in [7, 11) is 0. The van der Waals surface area contributed by atoms with E-state index >= 15 is 0 Å². The minimum absolute atomic E-state index is 0. The Hall–Kier alpha value is -3.51. The molecule has 0 radical (unpaired) electrons. The summed E-state index contributed by atoms with van der Waals surface area (Å²) in [6.07, 6.45) is 3.44. The van der Waals surface area contributed by atoms with E-state index in [0.717, 1.165) is 22.2 Å². The summed E-state index contributed by atoms with van der Waals surface area (Å²) in [6.45, 7) is 2.12. The van der Waals surface area contributed by atoms with Crippen LogP contribution < -0.4 is 17.7 Å². The van der Waals surface area contributed by atoms with Crippen molar-refractivity contribution in [2.24, 2.45) is 0 Å². The molecular formula is C22H18ClN4O2-. The molecule has 0 aliphatic heterocycles. The van der Waals surface area contributed by atoms with Gasteiger partial charge >= 0.3 is 5.97 Å². The molecule has 4 rings (SSSR count). The Balaban J connectivity index is 0.00000240. The van der Waals surface area contributed by atoms with Gasteiger partial charge in [-0.15, -0.1) is 0 Å². The van der Waals surface area contributed by atoms with Gasteiger partial charge < -0.3 is 22.5 Å². The topological polar surface area (TPSA) is 77.0 Å². The van der Waals surface area contributed by atoms with Gasteiger partial charge in [-0.1, -0.05) is 18.2 Å². The van der Waals surface area contributed by atoms with Crippen molar-refractivity contribution in [3.8, 4) is 11.4 Å². The fourth-order valence-corrected chi connectivity index (χ4v) is 2.87. The molecule has 2 heterocycles. The Kier molecular flexibility index (Phi) is 6.36. The van der Waals surface area contributed by atoms with Crippen LogP contribution in [0.2, 0.25) is 0 Å². The maximum Gasteiger partial charge on any atom is 0.338 e. The number of nitrogens with one attached hydrogen (secondary N) is 1. The van der Waals surface area contributed by atoms with Gasteiger partial charge in [0.2, 0.25) is 0 Å². The number of benzene rings is 2. The molecule has 4 aromatic rings. The molecule has 0 bridgehead atoms. The van der Waals surface area contributed by atoms with Crippen molar-refractivity contribution in [2.75, 3.05) is 11.9 Å².